The molecule has 0 aliphatic rings. The first-order valence-corrected chi connectivity index (χ1v) is 8.61. The molecular weight excluding hydrogens is 336 g/mol. The summed E-state index contributed by atoms with van der Waals surface area (Å²) < 4.78 is 7.21. The first-order valence-electron chi connectivity index (χ1n) is 8.61. The van der Waals surface area contributed by atoms with Crippen molar-refractivity contribution in [1.29, 1.82) is 5.41 Å². The molecule has 0 saturated heterocycles. The zero-order chi connectivity index (χ0) is 19.8. The Morgan fingerprint density at radius 2 is 2.15 bits per heavy atom. The highest BCUT2D eigenvalue weighted by atomic mass is 16.5. The third kappa shape index (κ3) is 5.31. The van der Waals surface area contributed by atoms with Crippen LogP contribution in [0.15, 0.2) is 59.8 Å². The molecule has 2 aromatic rings. The first kappa shape index (κ1) is 20.0. The molecule has 2 rings (SSSR count). The van der Waals surface area contributed by atoms with Crippen molar-refractivity contribution in [1.82, 2.24) is 4.57 Å². The summed E-state index contributed by atoms with van der Waals surface area (Å²) in [6, 6.07) is 7.83. The number of hydrogen-bond acceptors (Lipinski definition) is 3. The quantitative estimate of drug-likeness (QED) is 0.451. The van der Waals surface area contributed by atoms with Crippen LogP contribution in [0.25, 0.3) is 12.8 Å². The lowest BCUT2D eigenvalue weighted by Gasteiger charge is -2.10. The van der Waals surface area contributed by atoms with E-state index in [1.54, 1.807) is 19.4 Å². The van der Waals surface area contributed by atoms with Gasteiger partial charge in [-0.25, -0.2) is 4.99 Å². The monoisotopic (exact) mass is 362 g/mol. The SMILES string of the molecule is C=C/C=C(\C=N)Cn1cc/c(=C/N=C(C)Nc2ccc(OC)cc2C)c1=C. The van der Waals surface area contributed by atoms with Gasteiger partial charge in [0.15, 0.2) is 0 Å². The van der Waals surface area contributed by atoms with E-state index in [1.807, 2.05) is 55.0 Å². The van der Waals surface area contributed by atoms with Crippen LogP contribution in [0, 0.1) is 12.3 Å². The lowest BCUT2D eigenvalue weighted by atomic mass is 10.2. The van der Waals surface area contributed by atoms with Crippen molar-refractivity contribution < 1.29 is 4.74 Å². The average molecular weight is 362 g/mol. The Bertz CT molecular complexity index is 996. The van der Waals surface area contributed by atoms with Crippen LogP contribution in [0.5, 0.6) is 5.75 Å². The maximum absolute atomic E-state index is 7.46. The Balaban J connectivity index is 2.19. The molecule has 0 atom stereocenters. The van der Waals surface area contributed by atoms with Crippen molar-refractivity contribution in [3.8, 4) is 5.75 Å². The number of aryl methyl sites for hydroxylation is 1. The predicted molar refractivity (Wildman–Crippen MR) is 115 cm³/mol. The number of allylic oxidation sites excluding steroid dienone is 3. The van der Waals surface area contributed by atoms with Crippen molar-refractivity contribution in [2.75, 3.05) is 12.4 Å². The van der Waals surface area contributed by atoms with Crippen molar-refractivity contribution in [3.05, 3.63) is 70.9 Å². The molecule has 0 unspecified atom stereocenters. The van der Waals surface area contributed by atoms with Crippen molar-refractivity contribution in [2.45, 2.75) is 20.4 Å². The topological polar surface area (TPSA) is 62.4 Å². The fraction of sp³-hybridized carbons (Fsp3) is 0.182. The number of hydrogen-bond donors (Lipinski definition) is 2. The zero-order valence-corrected chi connectivity index (χ0v) is 16.1. The lowest BCUT2D eigenvalue weighted by Crippen LogP contribution is -2.27. The van der Waals surface area contributed by atoms with Crippen LogP contribution in [-0.4, -0.2) is 23.7 Å². The number of methoxy groups -OCH3 is 1. The number of anilines is 1. The third-order valence-corrected chi connectivity index (χ3v) is 4.13. The van der Waals surface area contributed by atoms with Crippen molar-refractivity contribution >= 4 is 30.5 Å². The minimum atomic E-state index is 0.578. The van der Waals surface area contributed by atoms with Gasteiger partial charge in [0.25, 0.3) is 0 Å². The number of aromatic nitrogens is 1. The molecule has 1 aromatic heterocycles. The van der Waals surface area contributed by atoms with Crippen LogP contribution in [0.3, 0.4) is 0 Å². The summed E-state index contributed by atoms with van der Waals surface area (Å²) in [5, 5.41) is 12.5. The fourth-order valence-electron chi connectivity index (χ4n) is 2.58. The molecule has 0 radical (unpaired) electrons. The molecule has 0 amide bonds. The minimum absolute atomic E-state index is 0.578. The molecule has 1 heterocycles. The third-order valence-electron chi connectivity index (χ3n) is 4.13. The zero-order valence-electron chi connectivity index (χ0n) is 16.1. The fourth-order valence-corrected chi connectivity index (χ4v) is 2.58. The second-order valence-electron chi connectivity index (χ2n) is 6.12. The Morgan fingerprint density at radius 1 is 1.37 bits per heavy atom. The van der Waals surface area contributed by atoms with Gasteiger partial charge in [-0.15, -0.1) is 0 Å². The molecule has 1 aromatic carbocycles. The Hall–Kier alpha value is -3.34. The van der Waals surface area contributed by atoms with Gasteiger partial charge in [-0.2, -0.15) is 0 Å². The van der Waals surface area contributed by atoms with Crippen LogP contribution in [0.2, 0.25) is 0 Å². The summed E-state index contributed by atoms with van der Waals surface area (Å²) in [5.74, 6) is 1.61. The molecule has 0 bridgehead atoms. The number of nitrogens with one attached hydrogen (secondary N) is 2. The van der Waals surface area contributed by atoms with Gasteiger partial charge in [0, 0.05) is 41.4 Å². The van der Waals surface area contributed by atoms with Crippen LogP contribution in [-0.2, 0) is 6.54 Å². The molecule has 2 N–H and O–H groups in total. The summed E-state index contributed by atoms with van der Waals surface area (Å²) in [7, 11) is 1.66. The number of benzene rings is 1. The summed E-state index contributed by atoms with van der Waals surface area (Å²) in [5.41, 5.74) is 2.93. The van der Waals surface area contributed by atoms with Gasteiger partial charge in [-0.05, 0) is 49.2 Å². The van der Waals surface area contributed by atoms with E-state index in [0.717, 1.165) is 39.0 Å². The molecule has 140 valence electrons. The number of aliphatic imine (C=N–C) groups is 1. The van der Waals surface area contributed by atoms with E-state index in [2.05, 4.69) is 23.5 Å². The van der Waals surface area contributed by atoms with Gasteiger partial charge in [0.1, 0.15) is 11.6 Å². The van der Waals surface area contributed by atoms with Gasteiger partial charge in [-0.3, -0.25) is 0 Å². The highest BCUT2D eigenvalue weighted by Gasteiger charge is 2.01. The minimum Gasteiger partial charge on any atom is -0.497 e. The molecule has 0 fully saturated rings. The van der Waals surface area contributed by atoms with E-state index in [1.165, 1.54) is 6.21 Å². The number of ether oxygens (including phenoxy) is 1. The van der Waals surface area contributed by atoms with Crippen molar-refractivity contribution in [2.24, 2.45) is 4.99 Å². The Labute approximate surface area is 160 Å². The van der Waals surface area contributed by atoms with Crippen LogP contribution in [0.4, 0.5) is 5.69 Å². The molecular formula is C22H26N4O. The van der Waals surface area contributed by atoms with Crippen LogP contribution >= 0.6 is 0 Å². The normalized spacial score (nSPS) is 12.8. The summed E-state index contributed by atoms with van der Waals surface area (Å²) in [6.07, 6.45) is 8.56. The number of rotatable bonds is 7. The van der Waals surface area contributed by atoms with Crippen LogP contribution in [0.1, 0.15) is 12.5 Å². The summed E-state index contributed by atoms with van der Waals surface area (Å²) >= 11 is 0. The largest absolute Gasteiger partial charge is 0.497 e. The number of amidine groups is 1. The molecule has 0 spiro atoms. The van der Waals surface area contributed by atoms with E-state index in [9.17, 15) is 0 Å². The maximum Gasteiger partial charge on any atom is 0.119 e. The molecule has 27 heavy (non-hydrogen) atoms. The van der Waals surface area contributed by atoms with Crippen LogP contribution < -0.4 is 20.6 Å². The predicted octanol–water partition coefficient (Wildman–Crippen LogP) is 3.25. The average Bonchev–Trinajstić information content (AvgIpc) is 3.01. The summed E-state index contributed by atoms with van der Waals surface area (Å²) in [6.45, 7) is 12.3. The second-order valence-corrected chi connectivity index (χ2v) is 6.12. The van der Waals surface area contributed by atoms with Gasteiger partial charge < -0.3 is 20.0 Å². The van der Waals surface area contributed by atoms with E-state index >= 15 is 0 Å². The smallest absolute Gasteiger partial charge is 0.119 e. The number of nitrogens with zero attached hydrogens (tertiary/aromatic N) is 2. The molecule has 0 aliphatic heterocycles. The maximum atomic E-state index is 7.46. The first-order chi connectivity index (χ1) is 13.0. The highest BCUT2D eigenvalue weighted by molar-refractivity contribution is 5.95. The molecule has 0 saturated carbocycles. The second kappa shape index (κ2) is 9.38. The van der Waals surface area contributed by atoms with E-state index in [0.29, 0.717) is 6.54 Å². The van der Waals surface area contributed by atoms with Gasteiger partial charge in [-0.1, -0.05) is 25.3 Å². The molecule has 0 aliphatic carbocycles. The van der Waals surface area contributed by atoms with Crippen molar-refractivity contribution in [3.63, 3.8) is 0 Å². The van der Waals surface area contributed by atoms with E-state index in [4.69, 9.17) is 10.1 Å². The van der Waals surface area contributed by atoms with Gasteiger partial charge in [0.05, 0.1) is 7.11 Å². The Kier molecular flexibility index (Phi) is 6.94. The Morgan fingerprint density at radius 3 is 2.78 bits per heavy atom. The standard InChI is InChI=1S/C22H26N4O/c1-6-7-19(13-23)15-26-11-10-20(17(26)3)14-24-18(4)25-22-9-8-21(27-5)12-16(22)2/h6-14,23H,1,3,15H2,2,4-5H3,(H,24,25)/b19-7+,20-14-,23-13?. The van der Waals surface area contributed by atoms with E-state index < -0.39 is 0 Å². The van der Waals surface area contributed by atoms with Gasteiger partial charge in [0.2, 0.25) is 0 Å². The van der Waals surface area contributed by atoms with Gasteiger partial charge >= 0.3 is 0 Å². The summed E-state index contributed by atoms with van der Waals surface area (Å²) in [4.78, 5) is 4.50. The highest BCUT2D eigenvalue weighted by Crippen LogP contribution is 2.20. The van der Waals surface area contributed by atoms with E-state index in [-0.39, 0.29) is 0 Å². The molecule has 5 heteroatoms. The molecule has 5 nitrogen and oxygen atoms in total. The lowest BCUT2D eigenvalue weighted by molar-refractivity contribution is 0.414.